The smallest absolute Gasteiger partial charge is 0.185 e. The van der Waals surface area contributed by atoms with E-state index in [9.17, 15) is 9.18 Å². The third-order valence-electron chi connectivity index (χ3n) is 2.66. The molecule has 0 aliphatic heterocycles. The van der Waals surface area contributed by atoms with Crippen molar-refractivity contribution in [1.29, 1.82) is 0 Å². The van der Waals surface area contributed by atoms with Crippen molar-refractivity contribution < 1.29 is 9.18 Å². The van der Waals surface area contributed by atoms with Gasteiger partial charge in [-0.15, -0.1) is 0 Å². The summed E-state index contributed by atoms with van der Waals surface area (Å²) in [5.74, 6) is -0.455. The molecule has 0 aromatic heterocycles. The van der Waals surface area contributed by atoms with E-state index in [2.05, 4.69) is 0 Å². The highest BCUT2D eigenvalue weighted by atomic mass is 19.1. The van der Waals surface area contributed by atoms with Crippen LogP contribution in [-0.4, -0.2) is 5.78 Å². The lowest BCUT2D eigenvalue weighted by molar-refractivity contribution is 0.104. The molecule has 0 aliphatic rings. The fraction of sp³-hybridized carbons (Fsp3) is 0.0625. The van der Waals surface area contributed by atoms with Gasteiger partial charge in [0.25, 0.3) is 0 Å². The van der Waals surface area contributed by atoms with E-state index >= 15 is 0 Å². The van der Waals surface area contributed by atoms with Gasteiger partial charge in [-0.25, -0.2) is 4.39 Å². The molecule has 0 amide bonds. The minimum absolute atomic E-state index is 0.127. The van der Waals surface area contributed by atoms with Crippen LogP contribution in [0.4, 0.5) is 4.39 Å². The second kappa shape index (κ2) is 5.41. The fourth-order valence-electron chi connectivity index (χ4n) is 1.59. The maximum Gasteiger partial charge on any atom is 0.185 e. The van der Waals surface area contributed by atoms with Crippen molar-refractivity contribution in [3.63, 3.8) is 0 Å². The van der Waals surface area contributed by atoms with Crippen molar-refractivity contribution in [1.82, 2.24) is 0 Å². The monoisotopic (exact) mass is 240 g/mol. The molecular formula is C16H13FO. The molecule has 0 aliphatic carbocycles. The molecule has 18 heavy (non-hydrogen) atoms. The highest BCUT2D eigenvalue weighted by Gasteiger charge is 2.01. The Kier molecular flexibility index (Phi) is 3.68. The first-order chi connectivity index (χ1) is 8.66. The summed E-state index contributed by atoms with van der Waals surface area (Å²) >= 11 is 0. The minimum Gasteiger partial charge on any atom is -0.289 e. The van der Waals surface area contributed by atoms with Gasteiger partial charge >= 0.3 is 0 Å². The van der Waals surface area contributed by atoms with Crippen molar-refractivity contribution in [3.05, 3.63) is 77.1 Å². The highest BCUT2D eigenvalue weighted by Crippen LogP contribution is 2.10. The van der Waals surface area contributed by atoms with Gasteiger partial charge in [0.15, 0.2) is 5.78 Å². The number of aryl methyl sites for hydroxylation is 1. The van der Waals surface area contributed by atoms with Gasteiger partial charge in [-0.2, -0.15) is 0 Å². The van der Waals surface area contributed by atoms with E-state index < -0.39 is 0 Å². The molecule has 0 N–H and O–H groups in total. The summed E-state index contributed by atoms with van der Waals surface area (Å²) in [6.45, 7) is 1.96. The fourth-order valence-corrected chi connectivity index (χ4v) is 1.59. The van der Waals surface area contributed by atoms with Crippen LogP contribution in [0.25, 0.3) is 6.08 Å². The first kappa shape index (κ1) is 12.2. The molecule has 2 aromatic rings. The summed E-state index contributed by atoms with van der Waals surface area (Å²) in [5, 5.41) is 0. The van der Waals surface area contributed by atoms with Gasteiger partial charge in [-0.3, -0.25) is 4.79 Å². The second-order valence-electron chi connectivity index (χ2n) is 4.09. The van der Waals surface area contributed by atoms with Crippen LogP contribution in [0, 0.1) is 12.7 Å². The minimum atomic E-state index is -0.328. The molecule has 1 nitrogen and oxygen atoms in total. The Morgan fingerprint density at radius 2 is 1.72 bits per heavy atom. The molecule has 2 rings (SSSR count). The number of halogens is 1. The van der Waals surface area contributed by atoms with E-state index in [0.29, 0.717) is 11.1 Å². The van der Waals surface area contributed by atoms with Crippen molar-refractivity contribution in [2.75, 3.05) is 0 Å². The number of carbonyl (C=O) groups excluding carboxylic acids is 1. The van der Waals surface area contributed by atoms with Gasteiger partial charge in [0.2, 0.25) is 0 Å². The third kappa shape index (κ3) is 2.92. The van der Waals surface area contributed by atoms with Gasteiger partial charge in [-0.1, -0.05) is 48.0 Å². The maximum atomic E-state index is 13.3. The summed E-state index contributed by atoms with van der Waals surface area (Å²) in [4.78, 5) is 11.8. The normalized spacial score (nSPS) is 10.8. The second-order valence-corrected chi connectivity index (χ2v) is 4.09. The van der Waals surface area contributed by atoms with Crippen LogP contribution in [0.15, 0.2) is 54.6 Å². The van der Waals surface area contributed by atoms with Gasteiger partial charge < -0.3 is 0 Å². The lowest BCUT2D eigenvalue weighted by Gasteiger charge is -1.97. The Morgan fingerprint density at radius 3 is 2.39 bits per heavy atom. The molecule has 0 atom stereocenters. The Morgan fingerprint density at radius 1 is 1.06 bits per heavy atom. The number of allylic oxidation sites excluding steroid dienone is 1. The topological polar surface area (TPSA) is 17.1 Å². The first-order valence-corrected chi connectivity index (χ1v) is 5.70. The quantitative estimate of drug-likeness (QED) is 0.584. The van der Waals surface area contributed by atoms with E-state index in [1.165, 1.54) is 18.2 Å². The summed E-state index contributed by atoms with van der Waals surface area (Å²) in [7, 11) is 0. The van der Waals surface area contributed by atoms with Gasteiger partial charge in [0, 0.05) is 11.1 Å². The summed E-state index contributed by atoms with van der Waals surface area (Å²) < 4.78 is 13.3. The maximum absolute atomic E-state index is 13.3. The molecule has 2 aromatic carbocycles. The highest BCUT2D eigenvalue weighted by molar-refractivity contribution is 6.06. The van der Waals surface area contributed by atoms with Gasteiger partial charge in [-0.05, 0) is 25.1 Å². The summed E-state index contributed by atoms with van der Waals surface area (Å²) in [5.41, 5.74) is 2.12. The molecule has 0 saturated carbocycles. The summed E-state index contributed by atoms with van der Waals surface area (Å²) in [6.07, 6.45) is 2.89. The number of ketones is 1. The van der Waals surface area contributed by atoms with Crippen LogP contribution in [0.2, 0.25) is 0 Å². The van der Waals surface area contributed by atoms with Crippen LogP contribution >= 0.6 is 0 Å². The zero-order valence-corrected chi connectivity index (χ0v) is 10.1. The number of hydrogen-bond donors (Lipinski definition) is 0. The lowest BCUT2D eigenvalue weighted by atomic mass is 10.1. The van der Waals surface area contributed by atoms with Crippen LogP contribution < -0.4 is 0 Å². The van der Waals surface area contributed by atoms with E-state index in [4.69, 9.17) is 0 Å². The van der Waals surface area contributed by atoms with E-state index in [0.717, 1.165) is 5.56 Å². The third-order valence-corrected chi connectivity index (χ3v) is 2.66. The average Bonchev–Trinajstić information content (AvgIpc) is 2.38. The van der Waals surface area contributed by atoms with E-state index in [-0.39, 0.29) is 11.6 Å². The number of carbonyl (C=O) groups is 1. The Hall–Kier alpha value is -2.22. The predicted octanol–water partition coefficient (Wildman–Crippen LogP) is 4.03. The Bertz CT molecular complexity index is 582. The molecule has 0 spiro atoms. The van der Waals surface area contributed by atoms with Gasteiger partial charge in [0.1, 0.15) is 5.82 Å². The number of hydrogen-bond acceptors (Lipinski definition) is 1. The van der Waals surface area contributed by atoms with Crippen molar-refractivity contribution >= 4 is 11.9 Å². The molecule has 0 unspecified atom stereocenters. The zero-order chi connectivity index (χ0) is 13.0. The summed E-state index contributed by atoms with van der Waals surface area (Å²) in [6, 6.07) is 13.7. The average molecular weight is 240 g/mol. The van der Waals surface area contributed by atoms with Crippen LogP contribution in [0.1, 0.15) is 21.5 Å². The van der Waals surface area contributed by atoms with Crippen LogP contribution in [-0.2, 0) is 0 Å². The van der Waals surface area contributed by atoms with E-state index in [1.54, 1.807) is 30.3 Å². The molecular weight excluding hydrogens is 227 g/mol. The van der Waals surface area contributed by atoms with Crippen LogP contribution in [0.3, 0.4) is 0 Å². The molecule has 0 radical (unpaired) electrons. The molecule has 90 valence electrons. The van der Waals surface area contributed by atoms with Crippen molar-refractivity contribution in [3.8, 4) is 0 Å². The Labute approximate surface area is 106 Å². The number of benzene rings is 2. The number of rotatable bonds is 3. The lowest BCUT2D eigenvalue weighted by Crippen LogP contribution is -1.94. The molecule has 2 heteroatoms. The largest absolute Gasteiger partial charge is 0.289 e. The van der Waals surface area contributed by atoms with Gasteiger partial charge in [0.05, 0.1) is 0 Å². The van der Waals surface area contributed by atoms with Crippen LogP contribution in [0.5, 0.6) is 0 Å². The van der Waals surface area contributed by atoms with E-state index in [1.807, 2.05) is 19.1 Å². The molecule has 0 fully saturated rings. The predicted molar refractivity (Wildman–Crippen MR) is 70.9 cm³/mol. The van der Waals surface area contributed by atoms with Crippen molar-refractivity contribution in [2.24, 2.45) is 0 Å². The Balaban J connectivity index is 2.17. The first-order valence-electron chi connectivity index (χ1n) is 5.70. The molecule has 0 bridgehead atoms. The van der Waals surface area contributed by atoms with Crippen molar-refractivity contribution in [2.45, 2.75) is 6.92 Å². The zero-order valence-electron chi connectivity index (χ0n) is 10.1. The standard InChI is InChI=1S/C16H13FO/c1-12-6-8-14(9-7-12)16(18)11-10-13-4-2-3-5-15(13)17/h2-11H,1H3/b11-10+. The molecule has 0 saturated heterocycles. The molecule has 0 heterocycles. The SMILES string of the molecule is Cc1ccc(C(=O)/C=C/c2ccccc2F)cc1.